The van der Waals surface area contributed by atoms with Gasteiger partial charge in [0.15, 0.2) is 0 Å². The van der Waals surface area contributed by atoms with Gasteiger partial charge < -0.3 is 15.2 Å². The molecule has 0 aliphatic rings. The predicted octanol–water partition coefficient (Wildman–Crippen LogP) is 3.94. The number of rotatable bonds is 8. The molecule has 0 amide bonds. The van der Waals surface area contributed by atoms with Crippen molar-refractivity contribution in [2.75, 3.05) is 13.2 Å². The van der Waals surface area contributed by atoms with Crippen LogP contribution in [0.3, 0.4) is 0 Å². The highest BCUT2D eigenvalue weighted by atomic mass is 16.5. The van der Waals surface area contributed by atoms with Gasteiger partial charge in [0.2, 0.25) is 0 Å². The second-order valence-electron chi connectivity index (χ2n) is 4.97. The predicted molar refractivity (Wildman–Crippen MR) is 85.7 cm³/mol. The molecule has 112 valence electrons. The van der Waals surface area contributed by atoms with Crippen LogP contribution in [0.25, 0.3) is 0 Å². The van der Waals surface area contributed by atoms with Crippen LogP contribution in [0.2, 0.25) is 0 Å². The van der Waals surface area contributed by atoms with Gasteiger partial charge in [-0.2, -0.15) is 0 Å². The maximum Gasteiger partial charge on any atom is 0.119 e. The molecule has 0 aliphatic carbocycles. The second-order valence-corrected chi connectivity index (χ2v) is 4.97. The Hall–Kier alpha value is -2.00. The van der Waals surface area contributed by atoms with Crippen LogP contribution in [-0.2, 0) is 0 Å². The smallest absolute Gasteiger partial charge is 0.119 e. The highest BCUT2D eigenvalue weighted by Crippen LogP contribution is 2.19. The highest BCUT2D eigenvalue weighted by Gasteiger charge is 2.06. The number of hydrogen-bond donors (Lipinski definition) is 1. The van der Waals surface area contributed by atoms with Gasteiger partial charge in [-0.3, -0.25) is 0 Å². The first-order chi connectivity index (χ1) is 10.3. The third-order valence-corrected chi connectivity index (χ3v) is 3.22. The van der Waals surface area contributed by atoms with Crippen molar-refractivity contribution in [2.45, 2.75) is 25.8 Å². The van der Waals surface area contributed by atoms with Crippen molar-refractivity contribution in [3.05, 3.63) is 60.2 Å². The number of nitrogens with two attached hydrogens (primary N) is 1. The standard InChI is InChI=1S/C18H23NO2/c1-2-13-20-17-10-8-15(9-11-17)18(19)12-14-21-16-6-4-3-5-7-16/h3-11,18H,2,12-14,19H2,1H3. The van der Waals surface area contributed by atoms with Crippen LogP contribution in [0.15, 0.2) is 54.6 Å². The molecule has 0 fully saturated rings. The summed E-state index contributed by atoms with van der Waals surface area (Å²) in [4.78, 5) is 0. The lowest BCUT2D eigenvalue weighted by Gasteiger charge is -2.13. The maximum absolute atomic E-state index is 6.19. The van der Waals surface area contributed by atoms with Crippen molar-refractivity contribution in [3.63, 3.8) is 0 Å². The van der Waals surface area contributed by atoms with E-state index in [0.717, 1.165) is 36.5 Å². The molecular weight excluding hydrogens is 262 g/mol. The SMILES string of the molecule is CCCOc1ccc(C(N)CCOc2ccccc2)cc1. The van der Waals surface area contributed by atoms with Crippen molar-refractivity contribution in [1.82, 2.24) is 0 Å². The van der Waals surface area contributed by atoms with Gasteiger partial charge in [-0.05, 0) is 36.2 Å². The largest absolute Gasteiger partial charge is 0.494 e. The summed E-state index contributed by atoms with van der Waals surface area (Å²) in [5, 5.41) is 0. The van der Waals surface area contributed by atoms with Gasteiger partial charge >= 0.3 is 0 Å². The second kappa shape index (κ2) is 8.32. The van der Waals surface area contributed by atoms with Crippen LogP contribution in [0.4, 0.5) is 0 Å². The number of benzene rings is 2. The topological polar surface area (TPSA) is 44.5 Å². The van der Waals surface area contributed by atoms with Gasteiger partial charge in [-0.15, -0.1) is 0 Å². The van der Waals surface area contributed by atoms with Crippen LogP contribution < -0.4 is 15.2 Å². The summed E-state index contributed by atoms with van der Waals surface area (Å²) in [6, 6.07) is 17.8. The Balaban J connectivity index is 1.78. The van der Waals surface area contributed by atoms with E-state index in [4.69, 9.17) is 15.2 Å². The van der Waals surface area contributed by atoms with Crippen LogP contribution in [0.1, 0.15) is 31.4 Å². The average Bonchev–Trinajstić information content (AvgIpc) is 2.54. The Morgan fingerprint density at radius 1 is 0.857 bits per heavy atom. The minimum absolute atomic E-state index is 0.0195. The fourth-order valence-corrected chi connectivity index (χ4v) is 2.02. The Kier molecular flexibility index (Phi) is 6.10. The van der Waals surface area contributed by atoms with Crippen LogP contribution in [0.5, 0.6) is 11.5 Å². The molecule has 0 saturated carbocycles. The van der Waals surface area contributed by atoms with Gasteiger partial charge in [-0.25, -0.2) is 0 Å². The van der Waals surface area contributed by atoms with Crippen molar-refractivity contribution in [2.24, 2.45) is 5.73 Å². The summed E-state index contributed by atoms with van der Waals surface area (Å²) >= 11 is 0. The lowest BCUT2D eigenvalue weighted by molar-refractivity contribution is 0.298. The molecule has 0 spiro atoms. The third-order valence-electron chi connectivity index (χ3n) is 3.22. The lowest BCUT2D eigenvalue weighted by atomic mass is 10.1. The molecule has 2 aromatic carbocycles. The molecule has 0 bridgehead atoms. The summed E-state index contributed by atoms with van der Waals surface area (Å²) in [5.74, 6) is 1.78. The fourth-order valence-electron chi connectivity index (χ4n) is 2.02. The van der Waals surface area contributed by atoms with E-state index >= 15 is 0 Å². The third kappa shape index (κ3) is 5.12. The van der Waals surface area contributed by atoms with Gasteiger partial charge in [0.25, 0.3) is 0 Å². The molecule has 3 nitrogen and oxygen atoms in total. The summed E-state index contributed by atoms with van der Waals surface area (Å²) in [6.45, 7) is 3.45. The molecule has 0 heterocycles. The van der Waals surface area contributed by atoms with E-state index < -0.39 is 0 Å². The molecule has 1 atom stereocenters. The van der Waals surface area contributed by atoms with Gasteiger partial charge in [0.05, 0.1) is 13.2 Å². The molecule has 1 unspecified atom stereocenters. The minimum atomic E-state index is -0.0195. The van der Waals surface area contributed by atoms with Crippen LogP contribution in [0, 0.1) is 0 Å². The first-order valence-electron chi connectivity index (χ1n) is 7.46. The average molecular weight is 285 g/mol. The number of para-hydroxylation sites is 1. The van der Waals surface area contributed by atoms with E-state index in [0.29, 0.717) is 6.61 Å². The summed E-state index contributed by atoms with van der Waals surface area (Å²) in [5.41, 5.74) is 7.30. The van der Waals surface area contributed by atoms with E-state index in [1.54, 1.807) is 0 Å². The summed E-state index contributed by atoms with van der Waals surface area (Å²) in [6.07, 6.45) is 1.79. The van der Waals surface area contributed by atoms with E-state index in [1.807, 2.05) is 54.6 Å². The first kappa shape index (κ1) is 15.4. The van der Waals surface area contributed by atoms with E-state index in [1.165, 1.54) is 0 Å². The fraction of sp³-hybridized carbons (Fsp3) is 0.333. The molecule has 2 aromatic rings. The molecule has 0 aliphatic heterocycles. The van der Waals surface area contributed by atoms with E-state index in [2.05, 4.69) is 6.92 Å². The molecule has 0 radical (unpaired) electrons. The number of hydrogen-bond acceptors (Lipinski definition) is 3. The molecule has 2 N–H and O–H groups in total. The zero-order valence-electron chi connectivity index (χ0n) is 12.5. The molecule has 3 heteroatoms. The van der Waals surface area contributed by atoms with Crippen molar-refractivity contribution < 1.29 is 9.47 Å². The van der Waals surface area contributed by atoms with Gasteiger partial charge in [0, 0.05) is 12.5 Å². The normalized spacial score (nSPS) is 11.9. The molecular formula is C18H23NO2. The molecule has 2 rings (SSSR count). The Bertz CT molecular complexity index is 511. The first-order valence-corrected chi connectivity index (χ1v) is 7.46. The molecule has 0 aromatic heterocycles. The Labute approximate surface area is 126 Å². The van der Waals surface area contributed by atoms with Crippen molar-refractivity contribution in [1.29, 1.82) is 0 Å². The zero-order valence-corrected chi connectivity index (χ0v) is 12.5. The Morgan fingerprint density at radius 3 is 2.14 bits per heavy atom. The Morgan fingerprint density at radius 2 is 1.48 bits per heavy atom. The number of ether oxygens (including phenoxy) is 2. The molecule has 21 heavy (non-hydrogen) atoms. The van der Waals surface area contributed by atoms with Gasteiger partial charge in [0.1, 0.15) is 11.5 Å². The van der Waals surface area contributed by atoms with E-state index in [9.17, 15) is 0 Å². The lowest BCUT2D eigenvalue weighted by Crippen LogP contribution is -2.14. The minimum Gasteiger partial charge on any atom is -0.494 e. The van der Waals surface area contributed by atoms with Crippen molar-refractivity contribution >= 4 is 0 Å². The zero-order chi connectivity index (χ0) is 14.9. The van der Waals surface area contributed by atoms with E-state index in [-0.39, 0.29) is 6.04 Å². The monoisotopic (exact) mass is 285 g/mol. The molecule has 0 saturated heterocycles. The van der Waals surface area contributed by atoms with Crippen molar-refractivity contribution in [3.8, 4) is 11.5 Å². The highest BCUT2D eigenvalue weighted by molar-refractivity contribution is 5.29. The summed E-state index contributed by atoms with van der Waals surface area (Å²) in [7, 11) is 0. The maximum atomic E-state index is 6.19. The quantitative estimate of drug-likeness (QED) is 0.799. The van der Waals surface area contributed by atoms with Gasteiger partial charge in [-0.1, -0.05) is 37.3 Å². The van der Waals surface area contributed by atoms with Crippen LogP contribution in [-0.4, -0.2) is 13.2 Å². The summed E-state index contributed by atoms with van der Waals surface area (Å²) < 4.78 is 11.2. The van der Waals surface area contributed by atoms with Crippen LogP contribution >= 0.6 is 0 Å².